The summed E-state index contributed by atoms with van der Waals surface area (Å²) in [6, 6.07) is 0. The van der Waals surface area contributed by atoms with E-state index in [1.54, 1.807) is 0 Å². The van der Waals surface area contributed by atoms with Crippen molar-refractivity contribution < 1.29 is 14.6 Å². The number of rotatable bonds is 4. The van der Waals surface area contributed by atoms with Crippen molar-refractivity contribution in [2.45, 2.75) is 32.8 Å². The van der Waals surface area contributed by atoms with Crippen molar-refractivity contribution in [1.82, 2.24) is 4.98 Å². The summed E-state index contributed by atoms with van der Waals surface area (Å²) in [5.41, 5.74) is 1.04. The van der Waals surface area contributed by atoms with E-state index in [1.165, 1.54) is 11.3 Å². The van der Waals surface area contributed by atoms with Crippen molar-refractivity contribution in [1.29, 1.82) is 0 Å². The van der Waals surface area contributed by atoms with Gasteiger partial charge in [-0.05, 0) is 0 Å². The zero-order valence-corrected chi connectivity index (χ0v) is 9.93. The predicted octanol–water partition coefficient (Wildman–Crippen LogP) is 2.04. The minimum Gasteiger partial charge on any atom is -0.480 e. The van der Waals surface area contributed by atoms with Gasteiger partial charge >= 0.3 is 5.97 Å². The molecule has 1 aromatic rings. The van der Waals surface area contributed by atoms with Gasteiger partial charge in [0.05, 0.1) is 12.3 Å². The minimum absolute atomic E-state index is 0.0293. The predicted molar refractivity (Wildman–Crippen MR) is 58.1 cm³/mol. The van der Waals surface area contributed by atoms with E-state index in [0.717, 1.165) is 10.7 Å². The van der Waals surface area contributed by atoms with Crippen LogP contribution in [0.1, 0.15) is 31.5 Å². The van der Waals surface area contributed by atoms with E-state index in [-0.39, 0.29) is 18.6 Å². The zero-order valence-electron chi connectivity index (χ0n) is 9.11. The van der Waals surface area contributed by atoms with Crippen LogP contribution in [-0.2, 0) is 21.6 Å². The number of hydrogen-bond acceptors (Lipinski definition) is 4. The molecule has 0 radical (unpaired) electrons. The maximum Gasteiger partial charge on any atom is 0.329 e. The Morgan fingerprint density at radius 3 is 2.73 bits per heavy atom. The van der Waals surface area contributed by atoms with Crippen LogP contribution >= 0.6 is 11.3 Å². The molecule has 5 heteroatoms. The Hall–Kier alpha value is -0.940. The molecule has 0 saturated carbocycles. The quantitative estimate of drug-likeness (QED) is 0.858. The van der Waals surface area contributed by atoms with Crippen LogP contribution in [0.3, 0.4) is 0 Å². The zero-order chi connectivity index (χ0) is 11.5. The average Bonchev–Trinajstić information content (AvgIpc) is 2.51. The molecule has 0 unspecified atom stereocenters. The molecular formula is C10H15NO3S. The number of thiazole rings is 1. The lowest BCUT2D eigenvalue weighted by molar-refractivity contribution is -0.142. The standard InChI is InChI=1S/C10H15NO3S/c1-10(2,3)7-6-15-8(11-7)4-14-5-9(12)13/h6H,4-5H2,1-3H3,(H,12,13). The molecule has 4 nitrogen and oxygen atoms in total. The number of carboxylic acid groups (broad SMARTS) is 1. The molecule has 0 fully saturated rings. The van der Waals surface area contributed by atoms with Crippen LogP contribution in [0, 0.1) is 0 Å². The maximum atomic E-state index is 10.2. The van der Waals surface area contributed by atoms with Crippen molar-refractivity contribution in [3.8, 4) is 0 Å². The van der Waals surface area contributed by atoms with E-state index in [2.05, 4.69) is 25.8 Å². The van der Waals surface area contributed by atoms with Crippen molar-refractivity contribution in [2.75, 3.05) is 6.61 Å². The summed E-state index contributed by atoms with van der Waals surface area (Å²) in [4.78, 5) is 14.6. The first-order valence-corrected chi connectivity index (χ1v) is 5.52. The molecule has 0 saturated heterocycles. The Bertz CT molecular complexity index is 341. The lowest BCUT2D eigenvalue weighted by Gasteiger charge is -2.14. The smallest absolute Gasteiger partial charge is 0.329 e. The third-order valence-electron chi connectivity index (χ3n) is 1.77. The van der Waals surface area contributed by atoms with Gasteiger partial charge in [-0.2, -0.15) is 0 Å². The van der Waals surface area contributed by atoms with E-state index >= 15 is 0 Å². The van der Waals surface area contributed by atoms with Gasteiger partial charge in [-0.3, -0.25) is 0 Å². The topological polar surface area (TPSA) is 59.4 Å². The number of ether oxygens (including phenoxy) is 1. The normalized spacial score (nSPS) is 11.7. The molecule has 0 aliphatic carbocycles. The van der Waals surface area contributed by atoms with Crippen LogP contribution in [-0.4, -0.2) is 22.7 Å². The molecule has 0 amide bonds. The summed E-state index contributed by atoms with van der Waals surface area (Å²) in [7, 11) is 0. The highest BCUT2D eigenvalue weighted by Gasteiger charge is 2.17. The summed E-state index contributed by atoms with van der Waals surface area (Å²) >= 11 is 1.50. The Labute approximate surface area is 92.9 Å². The molecule has 0 atom stereocenters. The van der Waals surface area contributed by atoms with Crippen LogP contribution < -0.4 is 0 Å². The van der Waals surface area contributed by atoms with Crippen LogP contribution in [0.2, 0.25) is 0 Å². The second kappa shape index (κ2) is 4.72. The fourth-order valence-electron chi connectivity index (χ4n) is 0.947. The molecule has 0 bridgehead atoms. The number of aromatic nitrogens is 1. The Balaban J connectivity index is 2.50. The van der Waals surface area contributed by atoms with E-state index in [9.17, 15) is 4.79 Å². The summed E-state index contributed by atoms with van der Waals surface area (Å²) in [6.07, 6.45) is 0. The minimum atomic E-state index is -0.956. The third-order valence-corrected chi connectivity index (χ3v) is 2.59. The van der Waals surface area contributed by atoms with Crippen molar-refractivity contribution in [2.24, 2.45) is 0 Å². The molecular weight excluding hydrogens is 214 g/mol. The molecule has 1 heterocycles. The fourth-order valence-corrected chi connectivity index (χ4v) is 1.90. The summed E-state index contributed by atoms with van der Waals surface area (Å²) in [5.74, 6) is -0.956. The first kappa shape index (κ1) is 12.1. The van der Waals surface area contributed by atoms with Gasteiger partial charge in [-0.1, -0.05) is 20.8 Å². The van der Waals surface area contributed by atoms with E-state index in [4.69, 9.17) is 9.84 Å². The molecule has 1 N–H and O–H groups in total. The largest absolute Gasteiger partial charge is 0.480 e. The summed E-state index contributed by atoms with van der Waals surface area (Å²) in [5, 5.41) is 11.2. The number of nitrogens with zero attached hydrogens (tertiary/aromatic N) is 1. The van der Waals surface area contributed by atoms with Gasteiger partial charge in [0.25, 0.3) is 0 Å². The molecule has 15 heavy (non-hydrogen) atoms. The van der Waals surface area contributed by atoms with Crippen LogP contribution in [0.4, 0.5) is 0 Å². The van der Waals surface area contributed by atoms with Gasteiger partial charge in [0.15, 0.2) is 0 Å². The molecule has 1 rings (SSSR count). The fraction of sp³-hybridized carbons (Fsp3) is 0.600. The lowest BCUT2D eigenvalue weighted by Crippen LogP contribution is -2.12. The SMILES string of the molecule is CC(C)(C)c1csc(COCC(=O)O)n1. The van der Waals surface area contributed by atoms with Crippen LogP contribution in [0.25, 0.3) is 0 Å². The Kier molecular flexibility index (Phi) is 3.82. The third kappa shape index (κ3) is 3.97. The van der Waals surface area contributed by atoms with Gasteiger partial charge in [-0.15, -0.1) is 11.3 Å². The summed E-state index contributed by atoms with van der Waals surface area (Å²) < 4.78 is 4.96. The number of carboxylic acids is 1. The highest BCUT2D eigenvalue weighted by atomic mass is 32.1. The van der Waals surface area contributed by atoms with Gasteiger partial charge in [0, 0.05) is 10.8 Å². The second-order valence-electron chi connectivity index (χ2n) is 4.26. The van der Waals surface area contributed by atoms with E-state index < -0.39 is 5.97 Å². The number of aliphatic carboxylic acids is 1. The molecule has 84 valence electrons. The van der Waals surface area contributed by atoms with Gasteiger partial charge in [-0.25, -0.2) is 9.78 Å². The van der Waals surface area contributed by atoms with Crippen molar-refractivity contribution in [3.63, 3.8) is 0 Å². The number of carbonyl (C=O) groups is 1. The lowest BCUT2D eigenvalue weighted by atomic mass is 9.93. The first-order valence-electron chi connectivity index (χ1n) is 4.64. The average molecular weight is 229 g/mol. The Morgan fingerprint density at radius 1 is 1.60 bits per heavy atom. The second-order valence-corrected chi connectivity index (χ2v) is 5.21. The van der Waals surface area contributed by atoms with Gasteiger partial charge < -0.3 is 9.84 Å². The highest BCUT2D eigenvalue weighted by Crippen LogP contribution is 2.24. The first-order chi connectivity index (χ1) is 6.89. The molecule has 0 aromatic carbocycles. The number of hydrogen-bond donors (Lipinski definition) is 1. The van der Waals surface area contributed by atoms with Crippen LogP contribution in [0.5, 0.6) is 0 Å². The molecule has 1 aromatic heterocycles. The summed E-state index contributed by atoms with van der Waals surface area (Å²) in [6.45, 7) is 6.26. The van der Waals surface area contributed by atoms with Gasteiger partial charge in [0.2, 0.25) is 0 Å². The molecule has 0 spiro atoms. The van der Waals surface area contributed by atoms with Gasteiger partial charge in [0.1, 0.15) is 11.6 Å². The maximum absolute atomic E-state index is 10.2. The van der Waals surface area contributed by atoms with E-state index in [0.29, 0.717) is 0 Å². The monoisotopic (exact) mass is 229 g/mol. The highest BCUT2D eigenvalue weighted by molar-refractivity contribution is 7.09. The van der Waals surface area contributed by atoms with Crippen LogP contribution in [0.15, 0.2) is 5.38 Å². The van der Waals surface area contributed by atoms with Crippen molar-refractivity contribution >= 4 is 17.3 Å². The van der Waals surface area contributed by atoms with Crippen molar-refractivity contribution in [3.05, 3.63) is 16.1 Å². The molecule has 0 aliphatic rings. The molecule has 0 aliphatic heterocycles. The Morgan fingerprint density at radius 2 is 2.27 bits per heavy atom. The van der Waals surface area contributed by atoms with E-state index in [1.807, 2.05) is 5.38 Å².